The number of pyridine rings is 4. The highest BCUT2D eigenvalue weighted by atomic mass is 35.5. The summed E-state index contributed by atoms with van der Waals surface area (Å²) in [7, 11) is 0. The molecule has 0 spiro atoms. The molecule has 2 saturated heterocycles. The Morgan fingerprint density at radius 2 is 0.965 bits per heavy atom. The highest BCUT2D eigenvalue weighted by molar-refractivity contribution is 6.29. The lowest BCUT2D eigenvalue weighted by Gasteiger charge is -2.39. The van der Waals surface area contributed by atoms with Crippen LogP contribution >= 0.6 is 11.6 Å². The first-order chi connectivity index (χ1) is 40.4. The van der Waals surface area contributed by atoms with Crippen LogP contribution in [0, 0.1) is 0 Å². The molecule has 10 rings (SSSR count). The van der Waals surface area contributed by atoms with Gasteiger partial charge in [0.15, 0.2) is 34.3 Å². The fraction of sp³-hybridized carbons (Fsp3) is 0.542. The number of likely N-dealkylation sites (tertiary alicyclic amines) is 2. The highest BCUT2D eigenvalue weighted by Crippen LogP contribution is 2.33. The molecule has 4 aliphatic rings. The van der Waals surface area contributed by atoms with Gasteiger partial charge in [-0.3, -0.25) is 43.8 Å². The number of hydrogen-bond acceptors (Lipinski definition) is 20. The number of hydrogen-bond donors (Lipinski definition) is 1. The average molecular weight is 1190 g/mol. The summed E-state index contributed by atoms with van der Waals surface area (Å²) in [4.78, 5) is 98.7. The summed E-state index contributed by atoms with van der Waals surface area (Å²) in [5.74, 6) is 2.73. The summed E-state index contributed by atoms with van der Waals surface area (Å²) in [6.07, 6.45) is 7.45. The normalized spacial score (nSPS) is 16.0. The van der Waals surface area contributed by atoms with E-state index < -0.39 is 22.9 Å². The van der Waals surface area contributed by atoms with Gasteiger partial charge in [0.1, 0.15) is 65.2 Å². The van der Waals surface area contributed by atoms with Crippen LogP contribution in [-0.4, -0.2) is 172 Å². The summed E-state index contributed by atoms with van der Waals surface area (Å²) < 4.78 is 42.7. The number of piperidine rings is 2. The number of nitrogens with one attached hydrogen (secondary N) is 1. The van der Waals surface area contributed by atoms with Crippen LogP contribution < -0.4 is 35.4 Å². The first-order valence-corrected chi connectivity index (χ1v) is 29.1. The summed E-state index contributed by atoms with van der Waals surface area (Å²) in [5.41, 5.74) is 0.990. The molecule has 6 aromatic heterocycles. The van der Waals surface area contributed by atoms with Crippen molar-refractivity contribution < 1.29 is 47.5 Å². The molecule has 4 aliphatic heterocycles. The summed E-state index contributed by atoms with van der Waals surface area (Å²) in [6, 6.07) is 10.3. The van der Waals surface area contributed by atoms with E-state index in [1.54, 1.807) is 76.4 Å². The molecule has 0 atom stereocenters. The number of ether oxygens (including phenoxy) is 7. The number of aromatic nitrogens is 8. The first-order valence-electron chi connectivity index (χ1n) is 28.7. The molecule has 1 N–H and O–H groups in total. The van der Waals surface area contributed by atoms with Crippen LogP contribution in [0.4, 0.5) is 20.2 Å². The predicted octanol–water partition coefficient (Wildman–Crippen LogP) is 7.72. The van der Waals surface area contributed by atoms with Crippen molar-refractivity contribution in [3.8, 4) is 23.0 Å². The minimum atomic E-state index is -0.662. The topological polar surface area (TPSA) is 262 Å². The third-order valence-electron chi connectivity index (χ3n) is 14.1. The molecule has 0 aromatic carbocycles. The molecule has 6 aromatic rings. The maximum atomic E-state index is 13.4. The van der Waals surface area contributed by atoms with Crippen molar-refractivity contribution in [1.82, 2.24) is 58.6 Å². The van der Waals surface area contributed by atoms with E-state index in [1.807, 2.05) is 53.7 Å². The number of rotatable bonds is 13. The van der Waals surface area contributed by atoms with E-state index >= 15 is 0 Å². The van der Waals surface area contributed by atoms with Crippen molar-refractivity contribution >= 4 is 58.0 Å². The fourth-order valence-electron chi connectivity index (χ4n) is 10.2. The Balaban J connectivity index is 0.000000206. The van der Waals surface area contributed by atoms with Crippen LogP contribution in [0.15, 0.2) is 70.8 Å². The Morgan fingerprint density at radius 1 is 0.553 bits per heavy atom. The zero-order valence-corrected chi connectivity index (χ0v) is 50.6. The quantitative estimate of drug-likeness (QED) is 0.0857. The smallest absolute Gasteiger partial charge is 0.413 e. The SMILES string of the molecule is CC(C)(C)OC(=O)N(Cc1cc2c(cn1)OCCO2)C1CCN(CCn2c(=O)cnc3ccc(Cl)nc32)CC1.CC(C)(C)OC(=O)Nc1ccc2ncc(=O)n(CCN3CCC(N(Cc4cc5c(cn4)OCCO5)C(=O)OC(C)(C)C)CC3)c2n1. The zero-order valence-electron chi connectivity index (χ0n) is 49.8. The number of nitrogens with zero attached hydrogens (tertiary/aromatic N) is 12. The molecular formula is C59H76ClN13O12. The van der Waals surface area contributed by atoms with Crippen molar-refractivity contribution in [3.05, 3.63) is 98.4 Å². The molecule has 0 bridgehead atoms. The third kappa shape index (κ3) is 16.9. The van der Waals surface area contributed by atoms with Crippen molar-refractivity contribution in [2.24, 2.45) is 0 Å². The number of carbonyl (C=O) groups is 3. The zero-order chi connectivity index (χ0) is 60.6. The molecule has 0 aliphatic carbocycles. The van der Waals surface area contributed by atoms with Crippen molar-refractivity contribution in [2.45, 2.75) is 143 Å². The van der Waals surface area contributed by atoms with Gasteiger partial charge in [0.05, 0.1) is 49.3 Å². The van der Waals surface area contributed by atoms with Gasteiger partial charge in [-0.25, -0.2) is 34.3 Å². The monoisotopic (exact) mass is 1190 g/mol. The predicted molar refractivity (Wildman–Crippen MR) is 315 cm³/mol. The average Bonchev–Trinajstić information content (AvgIpc) is 3.15. The van der Waals surface area contributed by atoms with Crippen LogP contribution in [-0.2, 0) is 40.4 Å². The van der Waals surface area contributed by atoms with E-state index in [9.17, 15) is 24.0 Å². The second-order valence-electron chi connectivity index (χ2n) is 24.1. The second kappa shape index (κ2) is 26.6. The van der Waals surface area contributed by atoms with Crippen LogP contribution in [0.1, 0.15) is 99.4 Å². The molecule has 2 fully saturated rings. The van der Waals surface area contributed by atoms with Gasteiger partial charge >= 0.3 is 18.3 Å². The Labute approximate surface area is 497 Å². The standard InChI is InChI=1S/C32H43N7O7.C27H33ClN6O5/c1-31(2,3)45-29(41)36-26-8-7-23-28(35-26)38(27(40)19-34-23)14-13-37-11-9-22(10-12-37)39(30(42)46-32(4,5)6)20-21-17-24-25(18-33-21)44-16-15-43-24;1-27(2,3)39-26(36)34(17-18-14-21-22(15-29-18)38-13-12-37-21)19-6-8-32(9-7-19)10-11-33-24(35)16-30-20-4-5-23(28)31-25(20)33/h7-8,17-19,22H,9-16,20H2,1-6H3,(H,35,36,41);4-5,14-16,19H,6-13,17H2,1-3H3. The van der Waals surface area contributed by atoms with Crippen LogP contribution in [0.25, 0.3) is 22.3 Å². The van der Waals surface area contributed by atoms with Gasteiger partial charge in [0, 0.05) is 76.6 Å². The van der Waals surface area contributed by atoms with E-state index in [2.05, 4.69) is 45.0 Å². The Bertz CT molecular complexity index is 3470. The van der Waals surface area contributed by atoms with E-state index in [0.29, 0.717) is 121 Å². The number of anilines is 1. The van der Waals surface area contributed by atoms with Gasteiger partial charge in [-0.05, 0) is 112 Å². The van der Waals surface area contributed by atoms with Crippen LogP contribution in [0.2, 0.25) is 5.15 Å². The van der Waals surface area contributed by atoms with E-state index in [4.69, 9.17) is 44.8 Å². The fourth-order valence-corrected chi connectivity index (χ4v) is 10.3. The molecule has 10 heterocycles. The third-order valence-corrected chi connectivity index (χ3v) is 14.4. The first kappa shape index (κ1) is 61.7. The highest BCUT2D eigenvalue weighted by Gasteiger charge is 2.34. The van der Waals surface area contributed by atoms with E-state index in [1.165, 1.54) is 12.4 Å². The van der Waals surface area contributed by atoms with E-state index in [-0.39, 0.29) is 47.8 Å². The van der Waals surface area contributed by atoms with Gasteiger partial charge in [-0.1, -0.05) is 11.6 Å². The van der Waals surface area contributed by atoms with Gasteiger partial charge < -0.3 is 43.0 Å². The number of fused-ring (bicyclic) bond motifs is 4. The molecule has 0 unspecified atom stereocenters. The van der Waals surface area contributed by atoms with Crippen molar-refractivity contribution in [1.29, 1.82) is 0 Å². The van der Waals surface area contributed by atoms with Gasteiger partial charge in [-0.15, -0.1) is 0 Å². The maximum absolute atomic E-state index is 13.4. The lowest BCUT2D eigenvalue weighted by atomic mass is 10.0. The summed E-state index contributed by atoms with van der Waals surface area (Å²) >= 11 is 6.07. The molecule has 0 radical (unpaired) electrons. The minimum Gasteiger partial charge on any atom is -0.486 e. The van der Waals surface area contributed by atoms with Crippen molar-refractivity contribution in [2.75, 3.05) is 71.0 Å². The number of amides is 3. The van der Waals surface area contributed by atoms with Crippen LogP contribution in [0.5, 0.6) is 23.0 Å². The van der Waals surface area contributed by atoms with E-state index in [0.717, 1.165) is 51.9 Å². The Morgan fingerprint density at radius 3 is 1.40 bits per heavy atom. The van der Waals surface area contributed by atoms with Crippen molar-refractivity contribution in [3.63, 3.8) is 0 Å². The lowest BCUT2D eigenvalue weighted by molar-refractivity contribution is 0.00436. The van der Waals surface area contributed by atoms with Gasteiger partial charge in [-0.2, -0.15) is 0 Å². The molecule has 85 heavy (non-hydrogen) atoms. The summed E-state index contributed by atoms with van der Waals surface area (Å²) in [5, 5.41) is 2.95. The largest absolute Gasteiger partial charge is 0.486 e. The molecule has 0 saturated carbocycles. The van der Waals surface area contributed by atoms with Gasteiger partial charge in [0.25, 0.3) is 11.1 Å². The molecule has 456 valence electrons. The molecule has 3 amide bonds. The second-order valence-corrected chi connectivity index (χ2v) is 24.5. The lowest BCUT2D eigenvalue weighted by Crippen LogP contribution is -2.49. The number of carbonyl (C=O) groups excluding carboxylic acids is 3. The Kier molecular flexibility index (Phi) is 19.3. The molecule has 26 heteroatoms. The number of halogens is 1. The Hall–Kier alpha value is -7.90. The maximum Gasteiger partial charge on any atom is 0.413 e. The minimum absolute atomic E-state index is 0.0175. The van der Waals surface area contributed by atoms with Crippen LogP contribution in [0.3, 0.4) is 0 Å². The molecular weight excluding hydrogens is 1120 g/mol. The summed E-state index contributed by atoms with van der Waals surface area (Å²) in [6.45, 7) is 24.0. The van der Waals surface area contributed by atoms with Gasteiger partial charge in [0.2, 0.25) is 0 Å². The molecule has 25 nitrogen and oxygen atoms in total.